The fraction of sp³-hybridized carbons (Fsp3) is 0.538. The summed E-state index contributed by atoms with van der Waals surface area (Å²) in [7, 11) is 1.73. The van der Waals surface area contributed by atoms with Crippen molar-refractivity contribution in [3.8, 4) is 5.75 Å². The molecule has 3 heteroatoms. The molecule has 0 saturated carbocycles. The maximum absolute atomic E-state index is 5.33. The summed E-state index contributed by atoms with van der Waals surface area (Å²) in [5.74, 6) is 0.994. The lowest BCUT2D eigenvalue weighted by Crippen LogP contribution is -2.32. The largest absolute Gasteiger partial charge is 0.496 e. The summed E-state index contributed by atoms with van der Waals surface area (Å²) >= 11 is 0. The number of hydrogen-bond donors (Lipinski definition) is 2. The van der Waals surface area contributed by atoms with Crippen LogP contribution in [-0.2, 0) is 6.42 Å². The molecule has 1 fully saturated rings. The predicted molar refractivity (Wildman–Crippen MR) is 66.0 cm³/mol. The third kappa shape index (κ3) is 2.97. The number of para-hydroxylation sites is 1. The van der Waals surface area contributed by atoms with Gasteiger partial charge in [-0.15, -0.1) is 0 Å². The topological polar surface area (TPSA) is 33.3 Å². The number of nitrogens with one attached hydrogen (secondary N) is 2. The highest BCUT2D eigenvalue weighted by atomic mass is 16.5. The predicted octanol–water partition coefficient (Wildman–Crippen LogP) is 1.19. The van der Waals surface area contributed by atoms with Gasteiger partial charge in [-0.05, 0) is 37.6 Å². The van der Waals surface area contributed by atoms with Gasteiger partial charge in [0.05, 0.1) is 7.11 Å². The van der Waals surface area contributed by atoms with Crippen LogP contribution in [0.2, 0.25) is 0 Å². The fourth-order valence-corrected chi connectivity index (χ4v) is 2.15. The molecule has 0 spiro atoms. The summed E-state index contributed by atoms with van der Waals surface area (Å²) in [5, 5.41) is 6.92. The first-order chi connectivity index (χ1) is 7.90. The minimum Gasteiger partial charge on any atom is -0.496 e. The van der Waals surface area contributed by atoms with Gasteiger partial charge < -0.3 is 15.4 Å². The Morgan fingerprint density at radius 1 is 1.44 bits per heavy atom. The number of rotatable bonds is 5. The summed E-state index contributed by atoms with van der Waals surface area (Å²) in [5.41, 5.74) is 1.28. The maximum Gasteiger partial charge on any atom is 0.122 e. The molecule has 1 aromatic rings. The van der Waals surface area contributed by atoms with Crippen molar-refractivity contribution < 1.29 is 4.74 Å². The highest BCUT2D eigenvalue weighted by molar-refractivity contribution is 5.33. The van der Waals surface area contributed by atoms with Crippen LogP contribution in [0.25, 0.3) is 0 Å². The van der Waals surface area contributed by atoms with Crippen LogP contribution in [0.1, 0.15) is 12.0 Å². The molecule has 0 radical (unpaired) electrons. The van der Waals surface area contributed by atoms with Crippen molar-refractivity contribution >= 4 is 0 Å². The number of methoxy groups -OCH3 is 1. The van der Waals surface area contributed by atoms with E-state index in [1.54, 1.807) is 7.11 Å². The Hall–Kier alpha value is -1.06. The molecule has 0 bridgehead atoms. The third-order valence-electron chi connectivity index (χ3n) is 3.08. The van der Waals surface area contributed by atoms with Gasteiger partial charge in [0.25, 0.3) is 0 Å². The first-order valence-electron chi connectivity index (χ1n) is 5.96. The summed E-state index contributed by atoms with van der Waals surface area (Å²) < 4.78 is 5.33. The van der Waals surface area contributed by atoms with Crippen LogP contribution in [0, 0.1) is 0 Å². The fourth-order valence-electron chi connectivity index (χ4n) is 2.15. The standard InChI is InChI=1S/C13H20N2O/c1-16-13-5-3-2-4-11(13)6-9-15-12-7-8-14-10-12/h2-5,12,14-15H,6-10H2,1H3. The minimum atomic E-state index is 0.648. The molecule has 2 N–H and O–H groups in total. The smallest absolute Gasteiger partial charge is 0.122 e. The van der Waals surface area contributed by atoms with Crippen molar-refractivity contribution in [2.75, 3.05) is 26.7 Å². The molecule has 1 aliphatic rings. The maximum atomic E-state index is 5.33. The molecule has 0 aromatic heterocycles. The van der Waals surface area contributed by atoms with Gasteiger partial charge in [-0.1, -0.05) is 18.2 Å². The van der Waals surface area contributed by atoms with Crippen LogP contribution in [0.4, 0.5) is 0 Å². The van der Waals surface area contributed by atoms with Gasteiger partial charge in [-0.25, -0.2) is 0 Å². The molecule has 88 valence electrons. The summed E-state index contributed by atoms with van der Waals surface area (Å²) in [6.07, 6.45) is 2.27. The zero-order chi connectivity index (χ0) is 11.2. The number of ether oxygens (including phenoxy) is 1. The Morgan fingerprint density at radius 3 is 3.06 bits per heavy atom. The normalized spacial score (nSPS) is 19.9. The van der Waals surface area contributed by atoms with Gasteiger partial charge in [-0.3, -0.25) is 0 Å². The Kier molecular flexibility index (Phi) is 4.19. The molecule has 1 saturated heterocycles. The highest BCUT2D eigenvalue weighted by Gasteiger charge is 2.12. The second kappa shape index (κ2) is 5.87. The summed E-state index contributed by atoms with van der Waals surface area (Å²) in [6.45, 7) is 3.27. The summed E-state index contributed by atoms with van der Waals surface area (Å²) in [4.78, 5) is 0. The van der Waals surface area contributed by atoms with E-state index in [0.29, 0.717) is 6.04 Å². The third-order valence-corrected chi connectivity index (χ3v) is 3.08. The van der Waals surface area contributed by atoms with E-state index in [9.17, 15) is 0 Å². The van der Waals surface area contributed by atoms with Crippen molar-refractivity contribution in [1.82, 2.24) is 10.6 Å². The molecular formula is C13H20N2O. The van der Waals surface area contributed by atoms with E-state index in [-0.39, 0.29) is 0 Å². The van der Waals surface area contributed by atoms with E-state index < -0.39 is 0 Å². The van der Waals surface area contributed by atoms with E-state index >= 15 is 0 Å². The first-order valence-corrected chi connectivity index (χ1v) is 5.96. The first kappa shape index (κ1) is 11.4. The Balaban J connectivity index is 1.79. The highest BCUT2D eigenvalue weighted by Crippen LogP contribution is 2.17. The van der Waals surface area contributed by atoms with Gasteiger partial charge in [0.15, 0.2) is 0 Å². The molecule has 0 amide bonds. The lowest BCUT2D eigenvalue weighted by Gasteiger charge is -2.12. The van der Waals surface area contributed by atoms with Crippen LogP contribution in [0.15, 0.2) is 24.3 Å². The zero-order valence-electron chi connectivity index (χ0n) is 9.83. The monoisotopic (exact) mass is 220 g/mol. The second-order valence-electron chi connectivity index (χ2n) is 4.21. The molecule has 16 heavy (non-hydrogen) atoms. The van der Waals surface area contributed by atoms with E-state index in [0.717, 1.165) is 31.8 Å². The van der Waals surface area contributed by atoms with E-state index in [1.165, 1.54) is 12.0 Å². The van der Waals surface area contributed by atoms with Gasteiger partial charge in [0, 0.05) is 12.6 Å². The van der Waals surface area contributed by atoms with Crippen molar-refractivity contribution in [3.63, 3.8) is 0 Å². The second-order valence-corrected chi connectivity index (χ2v) is 4.21. The van der Waals surface area contributed by atoms with Crippen LogP contribution in [0.5, 0.6) is 5.75 Å². The van der Waals surface area contributed by atoms with Gasteiger partial charge in [-0.2, -0.15) is 0 Å². The van der Waals surface area contributed by atoms with Crippen LogP contribution in [-0.4, -0.2) is 32.8 Å². The van der Waals surface area contributed by atoms with Gasteiger partial charge in [0.2, 0.25) is 0 Å². The van der Waals surface area contributed by atoms with E-state index in [2.05, 4.69) is 22.8 Å². The van der Waals surface area contributed by atoms with Gasteiger partial charge >= 0.3 is 0 Å². The summed E-state index contributed by atoms with van der Waals surface area (Å²) in [6, 6.07) is 8.88. The lowest BCUT2D eigenvalue weighted by atomic mass is 10.1. The van der Waals surface area contributed by atoms with Crippen molar-refractivity contribution in [3.05, 3.63) is 29.8 Å². The van der Waals surface area contributed by atoms with Crippen molar-refractivity contribution in [1.29, 1.82) is 0 Å². The molecule has 1 unspecified atom stereocenters. The van der Waals surface area contributed by atoms with Crippen molar-refractivity contribution in [2.24, 2.45) is 0 Å². The SMILES string of the molecule is COc1ccccc1CCNC1CCNC1. The Bertz CT molecular complexity index is 321. The minimum absolute atomic E-state index is 0.648. The molecule has 2 rings (SSSR count). The molecule has 1 heterocycles. The molecule has 1 atom stereocenters. The number of benzene rings is 1. The Labute approximate surface area is 97.2 Å². The van der Waals surface area contributed by atoms with E-state index in [1.807, 2.05) is 12.1 Å². The molecule has 0 aliphatic carbocycles. The Morgan fingerprint density at radius 2 is 2.31 bits per heavy atom. The lowest BCUT2D eigenvalue weighted by molar-refractivity contribution is 0.408. The quantitative estimate of drug-likeness (QED) is 0.782. The molecular weight excluding hydrogens is 200 g/mol. The van der Waals surface area contributed by atoms with Crippen LogP contribution < -0.4 is 15.4 Å². The van der Waals surface area contributed by atoms with Crippen LogP contribution >= 0.6 is 0 Å². The molecule has 3 nitrogen and oxygen atoms in total. The average molecular weight is 220 g/mol. The molecule has 1 aliphatic heterocycles. The van der Waals surface area contributed by atoms with Gasteiger partial charge in [0.1, 0.15) is 5.75 Å². The van der Waals surface area contributed by atoms with Crippen LogP contribution in [0.3, 0.4) is 0 Å². The average Bonchev–Trinajstić information content (AvgIpc) is 2.83. The van der Waals surface area contributed by atoms with Crippen molar-refractivity contribution in [2.45, 2.75) is 18.9 Å². The zero-order valence-corrected chi connectivity index (χ0v) is 9.83. The molecule has 1 aromatic carbocycles. The van der Waals surface area contributed by atoms with E-state index in [4.69, 9.17) is 4.74 Å². The number of hydrogen-bond acceptors (Lipinski definition) is 3.